The van der Waals surface area contributed by atoms with E-state index in [0.717, 1.165) is 6.07 Å². The van der Waals surface area contributed by atoms with Crippen molar-refractivity contribution in [1.82, 2.24) is 15.3 Å². The highest BCUT2D eigenvalue weighted by atomic mass is 35.5. The summed E-state index contributed by atoms with van der Waals surface area (Å²) in [6, 6.07) is 11.8. The number of nitrogens with one attached hydrogen (secondary N) is 3. The predicted octanol–water partition coefficient (Wildman–Crippen LogP) is 3.75. The lowest BCUT2D eigenvalue weighted by atomic mass is 9.77. The van der Waals surface area contributed by atoms with E-state index in [1.807, 2.05) is 0 Å². The van der Waals surface area contributed by atoms with Crippen LogP contribution in [-0.4, -0.2) is 51.0 Å². The van der Waals surface area contributed by atoms with E-state index in [4.69, 9.17) is 11.6 Å². The van der Waals surface area contributed by atoms with Crippen LogP contribution in [0.4, 0.5) is 24.8 Å². The van der Waals surface area contributed by atoms with Gasteiger partial charge in [-0.05, 0) is 35.9 Å². The molecular formula is C25H23ClF3N5O3. The van der Waals surface area contributed by atoms with Crippen LogP contribution in [-0.2, 0) is 9.59 Å². The molecule has 4 rings (SSSR count). The third-order valence-corrected chi connectivity index (χ3v) is 6.39. The van der Waals surface area contributed by atoms with Gasteiger partial charge in [-0.15, -0.1) is 0 Å². The minimum absolute atomic E-state index is 0.0514. The van der Waals surface area contributed by atoms with E-state index in [1.165, 1.54) is 48.8 Å². The number of aliphatic hydroxyl groups excluding tert-OH is 1. The standard InChI is InChI=1S/C25H23ClF3N5O3/c26-19-8-2-1-7-18(19)20(21(36)32-17-12-24(28,29)13-17)25(14-35,34-23-30-9-4-10-31-23)22(37)33-16-6-3-5-15(27)11-16/h1-11,17,20,35H,12-14H2,(H,32,36)(H,33,37)(H,30,31,34)/t20-,25?/m1/s1. The van der Waals surface area contributed by atoms with Gasteiger partial charge >= 0.3 is 0 Å². The summed E-state index contributed by atoms with van der Waals surface area (Å²) in [5, 5.41) is 18.6. The average molecular weight is 534 g/mol. The van der Waals surface area contributed by atoms with Crippen molar-refractivity contribution in [2.24, 2.45) is 0 Å². The normalized spacial score (nSPS) is 17.1. The van der Waals surface area contributed by atoms with Gasteiger partial charge in [0, 0.05) is 42.0 Å². The summed E-state index contributed by atoms with van der Waals surface area (Å²) in [7, 11) is 0. The van der Waals surface area contributed by atoms with E-state index in [2.05, 4.69) is 25.9 Å². The number of hydrogen-bond donors (Lipinski definition) is 4. The highest BCUT2D eigenvalue weighted by Crippen LogP contribution is 2.40. The molecule has 2 atom stereocenters. The zero-order valence-corrected chi connectivity index (χ0v) is 20.1. The minimum atomic E-state index is -2.91. The number of halogens is 4. The van der Waals surface area contributed by atoms with Crippen LogP contribution in [0.2, 0.25) is 5.02 Å². The largest absolute Gasteiger partial charge is 0.393 e. The van der Waals surface area contributed by atoms with Crippen molar-refractivity contribution < 1.29 is 27.9 Å². The molecule has 1 unspecified atom stereocenters. The summed E-state index contributed by atoms with van der Waals surface area (Å²) in [4.78, 5) is 35.6. The summed E-state index contributed by atoms with van der Waals surface area (Å²) < 4.78 is 40.8. The second kappa shape index (κ2) is 10.7. The fourth-order valence-corrected chi connectivity index (χ4v) is 4.47. The Morgan fingerprint density at radius 2 is 1.81 bits per heavy atom. The Hall–Kier alpha value is -3.70. The fraction of sp³-hybridized carbons (Fsp3) is 0.280. The molecule has 2 amide bonds. The van der Waals surface area contributed by atoms with Crippen LogP contribution in [0.1, 0.15) is 24.3 Å². The van der Waals surface area contributed by atoms with Crippen LogP contribution in [0.5, 0.6) is 0 Å². The van der Waals surface area contributed by atoms with Crippen LogP contribution in [0.15, 0.2) is 67.0 Å². The van der Waals surface area contributed by atoms with Crippen molar-refractivity contribution in [2.75, 3.05) is 17.2 Å². The first kappa shape index (κ1) is 26.4. The minimum Gasteiger partial charge on any atom is -0.393 e. The lowest BCUT2D eigenvalue weighted by Crippen LogP contribution is -2.62. The van der Waals surface area contributed by atoms with Crippen LogP contribution in [0, 0.1) is 5.82 Å². The van der Waals surface area contributed by atoms with E-state index < -0.39 is 60.5 Å². The molecule has 0 spiro atoms. The Morgan fingerprint density at radius 3 is 2.43 bits per heavy atom. The molecule has 37 heavy (non-hydrogen) atoms. The lowest BCUT2D eigenvalue weighted by Gasteiger charge is -2.41. The molecule has 1 fully saturated rings. The third kappa shape index (κ3) is 5.83. The van der Waals surface area contributed by atoms with E-state index in [0.29, 0.717) is 0 Å². The van der Waals surface area contributed by atoms with Crippen molar-refractivity contribution in [3.63, 3.8) is 0 Å². The molecule has 1 heterocycles. The molecule has 1 aromatic heterocycles. The quantitative estimate of drug-likeness (QED) is 0.333. The maximum absolute atomic E-state index is 13.8. The van der Waals surface area contributed by atoms with Gasteiger partial charge in [-0.1, -0.05) is 35.9 Å². The summed E-state index contributed by atoms with van der Waals surface area (Å²) >= 11 is 6.42. The molecule has 1 aliphatic carbocycles. The summed E-state index contributed by atoms with van der Waals surface area (Å²) in [5.41, 5.74) is -2.01. The molecule has 12 heteroatoms. The first-order chi connectivity index (χ1) is 17.6. The number of carbonyl (C=O) groups excluding carboxylic acids is 2. The first-order valence-electron chi connectivity index (χ1n) is 11.3. The van der Waals surface area contributed by atoms with Gasteiger partial charge in [0.05, 0.1) is 12.5 Å². The molecule has 1 saturated carbocycles. The fourth-order valence-electron chi connectivity index (χ4n) is 4.22. The highest BCUT2D eigenvalue weighted by Gasteiger charge is 2.53. The number of aliphatic hydroxyl groups is 1. The van der Waals surface area contributed by atoms with Gasteiger partial charge in [0.25, 0.3) is 11.8 Å². The second-order valence-electron chi connectivity index (χ2n) is 8.72. The number of rotatable bonds is 9. The molecular weight excluding hydrogens is 511 g/mol. The van der Waals surface area contributed by atoms with Gasteiger partial charge in [-0.25, -0.2) is 23.1 Å². The van der Waals surface area contributed by atoms with Gasteiger partial charge in [-0.3, -0.25) is 9.59 Å². The number of nitrogens with zero attached hydrogens (tertiary/aromatic N) is 2. The highest BCUT2D eigenvalue weighted by molar-refractivity contribution is 6.31. The maximum Gasteiger partial charge on any atom is 0.253 e. The Kier molecular flexibility index (Phi) is 7.65. The van der Waals surface area contributed by atoms with Crippen molar-refractivity contribution in [3.8, 4) is 0 Å². The zero-order valence-electron chi connectivity index (χ0n) is 19.3. The number of anilines is 2. The number of amides is 2. The lowest BCUT2D eigenvalue weighted by molar-refractivity contribution is -0.136. The molecule has 2 aromatic carbocycles. The van der Waals surface area contributed by atoms with Crippen molar-refractivity contribution in [3.05, 3.63) is 83.4 Å². The number of hydrogen-bond acceptors (Lipinski definition) is 6. The van der Waals surface area contributed by atoms with Crippen LogP contribution < -0.4 is 16.0 Å². The van der Waals surface area contributed by atoms with Gasteiger partial charge in [0.2, 0.25) is 11.9 Å². The average Bonchev–Trinajstić information content (AvgIpc) is 2.84. The second-order valence-corrected chi connectivity index (χ2v) is 9.12. The van der Waals surface area contributed by atoms with Crippen molar-refractivity contribution in [2.45, 2.75) is 36.3 Å². The SMILES string of the molecule is O=C(NC1CC(F)(F)C1)[C@@H](c1ccccc1Cl)C(CO)(Nc1ncccn1)C(=O)Nc1cccc(F)c1. The molecule has 0 bridgehead atoms. The summed E-state index contributed by atoms with van der Waals surface area (Å²) in [5.74, 6) is -6.95. The predicted molar refractivity (Wildman–Crippen MR) is 131 cm³/mol. The smallest absolute Gasteiger partial charge is 0.253 e. The van der Waals surface area contributed by atoms with E-state index in [9.17, 15) is 27.9 Å². The Labute approximate surface area is 215 Å². The molecule has 1 aliphatic rings. The maximum atomic E-state index is 13.8. The molecule has 0 aliphatic heterocycles. The molecule has 0 saturated heterocycles. The van der Waals surface area contributed by atoms with Gasteiger partial charge in [0.15, 0.2) is 5.54 Å². The van der Waals surface area contributed by atoms with Gasteiger partial charge < -0.3 is 21.1 Å². The topological polar surface area (TPSA) is 116 Å². The molecule has 0 radical (unpaired) electrons. The summed E-state index contributed by atoms with van der Waals surface area (Å²) in [6.07, 6.45) is 1.63. The zero-order chi connectivity index (χ0) is 26.6. The van der Waals surface area contributed by atoms with Crippen LogP contribution in [0.25, 0.3) is 0 Å². The van der Waals surface area contributed by atoms with Crippen LogP contribution >= 0.6 is 11.6 Å². The number of alkyl halides is 2. The molecule has 194 valence electrons. The van der Waals surface area contributed by atoms with Crippen LogP contribution in [0.3, 0.4) is 0 Å². The van der Waals surface area contributed by atoms with Crippen molar-refractivity contribution >= 4 is 35.1 Å². The van der Waals surface area contributed by atoms with E-state index >= 15 is 0 Å². The molecule has 4 N–H and O–H groups in total. The van der Waals surface area contributed by atoms with Crippen molar-refractivity contribution in [1.29, 1.82) is 0 Å². The van der Waals surface area contributed by atoms with E-state index in [1.54, 1.807) is 12.1 Å². The monoisotopic (exact) mass is 533 g/mol. The van der Waals surface area contributed by atoms with Gasteiger partial charge in [-0.2, -0.15) is 0 Å². The Morgan fingerprint density at radius 1 is 1.11 bits per heavy atom. The Balaban J connectivity index is 1.81. The van der Waals surface area contributed by atoms with E-state index in [-0.39, 0.29) is 22.2 Å². The number of carbonyl (C=O) groups is 2. The van der Waals surface area contributed by atoms with Gasteiger partial charge in [0.1, 0.15) is 5.82 Å². The number of aromatic nitrogens is 2. The third-order valence-electron chi connectivity index (χ3n) is 6.05. The summed E-state index contributed by atoms with van der Waals surface area (Å²) in [6.45, 7) is -0.976. The number of benzene rings is 2. The Bertz CT molecular complexity index is 1280. The molecule has 8 nitrogen and oxygen atoms in total. The first-order valence-corrected chi connectivity index (χ1v) is 11.7. The molecule has 3 aromatic rings.